The van der Waals surface area contributed by atoms with Gasteiger partial charge in [0.05, 0.1) is 12.6 Å². The summed E-state index contributed by atoms with van der Waals surface area (Å²) in [6, 6.07) is 17.6. The van der Waals surface area contributed by atoms with Crippen molar-refractivity contribution < 1.29 is 19.2 Å². The van der Waals surface area contributed by atoms with Gasteiger partial charge in [-0.05, 0) is 37.9 Å². The number of amides is 4. The Bertz CT molecular complexity index is 1150. The molecule has 3 N–H and O–H groups in total. The van der Waals surface area contributed by atoms with Crippen molar-refractivity contribution in [2.45, 2.75) is 64.1 Å². The fraction of sp³-hybridized carbons (Fsp3) is 0.419. The lowest BCUT2D eigenvalue weighted by Gasteiger charge is -2.36. The standard InChI is InChI=1S/C31H41N5O4/c1-4-5-16-26(34-29(38)23(2)32-3)30(39)33-22-28(37)36-20-19-35(18-17-24-12-8-6-9-13-24)31(40)27(36)21-25-14-10-7-11-15-25/h6-15,19-20,23,26-27,32H,4-5,16-18,21-22H2,1-3H3,(H,33,39)(H,34,38)/t23-,26-,27-/m0/s1. The molecule has 3 rings (SSSR count). The summed E-state index contributed by atoms with van der Waals surface area (Å²) in [7, 11) is 1.67. The van der Waals surface area contributed by atoms with Gasteiger partial charge < -0.3 is 25.8 Å². The molecule has 1 aliphatic heterocycles. The van der Waals surface area contributed by atoms with Crippen molar-refractivity contribution in [3.63, 3.8) is 0 Å². The molecular weight excluding hydrogens is 506 g/mol. The van der Waals surface area contributed by atoms with Crippen molar-refractivity contribution in [1.29, 1.82) is 0 Å². The molecule has 0 aliphatic carbocycles. The molecule has 9 heteroatoms. The molecule has 214 valence electrons. The number of nitrogens with one attached hydrogen (secondary N) is 3. The zero-order valence-corrected chi connectivity index (χ0v) is 23.6. The molecule has 0 saturated carbocycles. The van der Waals surface area contributed by atoms with E-state index < -0.39 is 29.9 Å². The molecule has 40 heavy (non-hydrogen) atoms. The van der Waals surface area contributed by atoms with Gasteiger partial charge in [-0.25, -0.2) is 0 Å². The zero-order valence-electron chi connectivity index (χ0n) is 23.6. The first-order valence-corrected chi connectivity index (χ1v) is 14.0. The molecule has 2 aromatic rings. The number of carbonyl (C=O) groups is 4. The quantitative estimate of drug-likeness (QED) is 0.336. The number of unbranched alkanes of at least 4 members (excludes halogenated alkanes) is 1. The summed E-state index contributed by atoms with van der Waals surface area (Å²) >= 11 is 0. The van der Waals surface area contributed by atoms with Crippen molar-refractivity contribution in [2.75, 3.05) is 20.1 Å². The normalized spacial score (nSPS) is 16.4. The zero-order chi connectivity index (χ0) is 28.9. The Morgan fingerprint density at radius 3 is 2.20 bits per heavy atom. The van der Waals surface area contributed by atoms with Crippen LogP contribution in [0, 0.1) is 0 Å². The molecule has 2 aromatic carbocycles. The minimum absolute atomic E-state index is 0.170. The number of hydrogen-bond donors (Lipinski definition) is 3. The van der Waals surface area contributed by atoms with E-state index in [9.17, 15) is 19.2 Å². The van der Waals surface area contributed by atoms with Crippen LogP contribution >= 0.6 is 0 Å². The highest BCUT2D eigenvalue weighted by atomic mass is 16.2. The van der Waals surface area contributed by atoms with Crippen molar-refractivity contribution >= 4 is 23.6 Å². The Morgan fingerprint density at radius 1 is 0.925 bits per heavy atom. The van der Waals surface area contributed by atoms with E-state index in [0.717, 1.165) is 24.0 Å². The lowest BCUT2D eigenvalue weighted by Crippen LogP contribution is -2.55. The predicted molar refractivity (Wildman–Crippen MR) is 155 cm³/mol. The molecule has 0 saturated heterocycles. The molecule has 1 aliphatic rings. The molecule has 9 nitrogen and oxygen atoms in total. The van der Waals surface area contributed by atoms with Gasteiger partial charge in [-0.15, -0.1) is 0 Å². The molecule has 0 spiro atoms. The first kappa shape index (κ1) is 30.6. The number of benzene rings is 2. The van der Waals surface area contributed by atoms with Crippen LogP contribution in [0.25, 0.3) is 0 Å². The van der Waals surface area contributed by atoms with Gasteiger partial charge in [-0.3, -0.25) is 19.2 Å². The van der Waals surface area contributed by atoms with Gasteiger partial charge >= 0.3 is 0 Å². The number of carbonyl (C=O) groups excluding carboxylic acids is 4. The van der Waals surface area contributed by atoms with Gasteiger partial charge in [0.25, 0.3) is 0 Å². The van der Waals surface area contributed by atoms with Crippen molar-refractivity contribution in [1.82, 2.24) is 25.8 Å². The smallest absolute Gasteiger partial charge is 0.250 e. The first-order valence-electron chi connectivity index (χ1n) is 14.0. The summed E-state index contributed by atoms with van der Waals surface area (Å²) in [5, 5.41) is 8.32. The second-order valence-corrected chi connectivity index (χ2v) is 10.0. The minimum Gasteiger partial charge on any atom is -0.345 e. The van der Waals surface area contributed by atoms with Crippen LogP contribution in [0.4, 0.5) is 0 Å². The van der Waals surface area contributed by atoms with Crippen LogP contribution < -0.4 is 16.0 Å². The molecular formula is C31H41N5O4. The Kier molecular flexibility index (Phi) is 11.9. The highest BCUT2D eigenvalue weighted by Gasteiger charge is 2.35. The molecule has 3 atom stereocenters. The average Bonchev–Trinajstić information content (AvgIpc) is 2.98. The summed E-state index contributed by atoms with van der Waals surface area (Å²) in [4.78, 5) is 55.4. The monoisotopic (exact) mass is 547 g/mol. The van der Waals surface area contributed by atoms with Crippen molar-refractivity contribution in [2.24, 2.45) is 0 Å². The Balaban J connectivity index is 1.70. The van der Waals surface area contributed by atoms with Crippen LogP contribution in [0.1, 0.15) is 44.2 Å². The van der Waals surface area contributed by atoms with E-state index >= 15 is 0 Å². The molecule has 0 radical (unpaired) electrons. The summed E-state index contributed by atoms with van der Waals surface area (Å²) in [5.74, 6) is -1.27. The van der Waals surface area contributed by atoms with Crippen molar-refractivity contribution in [3.8, 4) is 0 Å². The third-order valence-electron chi connectivity index (χ3n) is 7.07. The van der Waals surface area contributed by atoms with Gasteiger partial charge in [0, 0.05) is 25.4 Å². The van der Waals surface area contributed by atoms with Gasteiger partial charge in [0.15, 0.2) is 0 Å². The van der Waals surface area contributed by atoms with Crippen LogP contribution in [0.2, 0.25) is 0 Å². The molecule has 1 heterocycles. The van der Waals surface area contributed by atoms with E-state index in [2.05, 4.69) is 16.0 Å². The number of hydrogen-bond acceptors (Lipinski definition) is 5. The van der Waals surface area contributed by atoms with Crippen LogP contribution in [0.5, 0.6) is 0 Å². The maximum absolute atomic E-state index is 13.6. The van der Waals surface area contributed by atoms with Gasteiger partial charge in [-0.1, -0.05) is 80.4 Å². The third kappa shape index (κ3) is 8.77. The van der Waals surface area contributed by atoms with Crippen LogP contribution in [-0.2, 0) is 32.0 Å². The van der Waals surface area contributed by atoms with E-state index in [1.165, 1.54) is 4.90 Å². The van der Waals surface area contributed by atoms with E-state index in [0.29, 0.717) is 25.8 Å². The SMILES string of the molecule is CCCC[C@H](NC(=O)[C@H](C)NC)C(=O)NCC(=O)N1C=CN(CCc2ccccc2)C(=O)[C@@H]1Cc1ccccc1. The van der Waals surface area contributed by atoms with Crippen LogP contribution in [0.15, 0.2) is 73.1 Å². The highest BCUT2D eigenvalue weighted by molar-refractivity contribution is 5.94. The largest absolute Gasteiger partial charge is 0.345 e. The summed E-state index contributed by atoms with van der Waals surface area (Å²) in [6.07, 6.45) is 6.38. The van der Waals surface area contributed by atoms with E-state index in [1.807, 2.05) is 67.6 Å². The molecule has 4 amide bonds. The lowest BCUT2D eigenvalue weighted by molar-refractivity contribution is -0.143. The Labute approximate surface area is 237 Å². The Hall–Kier alpha value is -3.98. The average molecular weight is 548 g/mol. The topological polar surface area (TPSA) is 111 Å². The predicted octanol–water partition coefficient (Wildman–Crippen LogP) is 2.38. The molecule has 0 bridgehead atoms. The van der Waals surface area contributed by atoms with E-state index in [1.54, 1.807) is 31.3 Å². The highest BCUT2D eigenvalue weighted by Crippen LogP contribution is 2.18. The second-order valence-electron chi connectivity index (χ2n) is 10.0. The maximum Gasteiger partial charge on any atom is 0.250 e. The van der Waals surface area contributed by atoms with Gasteiger partial charge in [-0.2, -0.15) is 0 Å². The van der Waals surface area contributed by atoms with Crippen molar-refractivity contribution in [3.05, 3.63) is 84.2 Å². The van der Waals surface area contributed by atoms with E-state index in [-0.39, 0.29) is 18.4 Å². The fourth-order valence-corrected chi connectivity index (χ4v) is 4.48. The van der Waals surface area contributed by atoms with Gasteiger partial charge in [0.2, 0.25) is 23.6 Å². The third-order valence-corrected chi connectivity index (χ3v) is 7.07. The molecule has 0 fully saturated rings. The fourth-order valence-electron chi connectivity index (χ4n) is 4.48. The minimum atomic E-state index is -0.747. The summed E-state index contributed by atoms with van der Waals surface area (Å²) in [6.45, 7) is 3.93. The molecule has 0 unspecified atom stereocenters. The number of likely N-dealkylation sites (N-methyl/N-ethyl adjacent to an activating group) is 1. The van der Waals surface area contributed by atoms with Crippen LogP contribution in [0.3, 0.4) is 0 Å². The summed E-state index contributed by atoms with van der Waals surface area (Å²) < 4.78 is 0. The summed E-state index contributed by atoms with van der Waals surface area (Å²) in [5.41, 5.74) is 2.06. The molecule has 0 aromatic heterocycles. The van der Waals surface area contributed by atoms with Crippen LogP contribution in [-0.4, -0.2) is 71.7 Å². The first-order chi connectivity index (χ1) is 19.3. The lowest BCUT2D eigenvalue weighted by atomic mass is 10.0. The number of rotatable bonds is 14. The second kappa shape index (κ2) is 15.6. The van der Waals surface area contributed by atoms with Gasteiger partial charge in [0.1, 0.15) is 12.1 Å². The maximum atomic E-state index is 13.6. The van der Waals surface area contributed by atoms with E-state index in [4.69, 9.17) is 0 Å². The number of nitrogens with zero attached hydrogens (tertiary/aromatic N) is 2. The Morgan fingerprint density at radius 2 is 1.57 bits per heavy atom.